The molecule has 2 aromatic rings. The summed E-state index contributed by atoms with van der Waals surface area (Å²) in [7, 11) is 0. The van der Waals surface area contributed by atoms with Gasteiger partial charge in [-0.15, -0.1) is 0 Å². The van der Waals surface area contributed by atoms with Crippen molar-refractivity contribution in [3.8, 4) is 5.75 Å². The van der Waals surface area contributed by atoms with Crippen molar-refractivity contribution in [1.29, 1.82) is 0 Å². The van der Waals surface area contributed by atoms with Gasteiger partial charge in [-0.05, 0) is 24.3 Å². The van der Waals surface area contributed by atoms with Gasteiger partial charge in [-0.1, -0.05) is 0 Å². The lowest BCUT2D eigenvalue weighted by atomic mass is 10.3. The highest BCUT2D eigenvalue weighted by molar-refractivity contribution is 5.47. The third-order valence-electron chi connectivity index (χ3n) is 2.19. The molecule has 3 nitrogen and oxygen atoms in total. The molecule has 0 saturated heterocycles. The first-order valence-electron chi connectivity index (χ1n) is 5.16. The molecule has 1 N–H and O–H groups in total. The summed E-state index contributed by atoms with van der Waals surface area (Å²) in [4.78, 5) is 0. The first kappa shape index (κ1) is 12.3. The van der Waals surface area contributed by atoms with Gasteiger partial charge in [0.15, 0.2) is 11.6 Å². The molecule has 18 heavy (non-hydrogen) atoms. The summed E-state index contributed by atoms with van der Waals surface area (Å²) in [6, 6.07) is 7.17. The van der Waals surface area contributed by atoms with Crippen LogP contribution in [-0.2, 0) is 6.54 Å². The monoisotopic (exact) mass is 257 g/mol. The first-order valence-corrected chi connectivity index (χ1v) is 5.16. The summed E-state index contributed by atoms with van der Waals surface area (Å²) in [5.74, 6) is -0.642. The van der Waals surface area contributed by atoms with Crippen molar-refractivity contribution < 1.29 is 22.3 Å². The number of anilines is 1. The molecule has 1 heterocycles. The zero-order valence-electron chi connectivity index (χ0n) is 9.20. The molecule has 0 amide bonds. The molecular weight excluding hydrogens is 247 g/mol. The van der Waals surface area contributed by atoms with Crippen LogP contribution in [0.5, 0.6) is 5.75 Å². The Morgan fingerprint density at radius 2 is 2.11 bits per heavy atom. The van der Waals surface area contributed by atoms with Crippen LogP contribution in [0.3, 0.4) is 0 Å². The SMILES string of the molecule is Fc1cc(NCc2ccco2)ccc1OC(F)F. The highest BCUT2D eigenvalue weighted by Crippen LogP contribution is 2.23. The number of ether oxygens (including phenoxy) is 1. The van der Waals surface area contributed by atoms with Gasteiger partial charge in [0.25, 0.3) is 0 Å². The number of hydrogen-bond acceptors (Lipinski definition) is 3. The Labute approximate surface area is 101 Å². The van der Waals surface area contributed by atoms with E-state index in [4.69, 9.17) is 4.42 Å². The maximum Gasteiger partial charge on any atom is 0.387 e. The van der Waals surface area contributed by atoms with Crippen LogP contribution in [0.4, 0.5) is 18.9 Å². The Kier molecular flexibility index (Phi) is 3.76. The van der Waals surface area contributed by atoms with Crippen molar-refractivity contribution >= 4 is 5.69 Å². The number of furan rings is 1. The fraction of sp³-hybridized carbons (Fsp3) is 0.167. The molecule has 0 unspecified atom stereocenters. The highest BCUT2D eigenvalue weighted by atomic mass is 19.3. The van der Waals surface area contributed by atoms with Crippen LogP contribution in [0.25, 0.3) is 0 Å². The average Bonchev–Trinajstić information content (AvgIpc) is 2.82. The van der Waals surface area contributed by atoms with Crippen LogP contribution in [0.1, 0.15) is 5.76 Å². The van der Waals surface area contributed by atoms with Crippen LogP contribution in [0, 0.1) is 5.82 Å². The maximum absolute atomic E-state index is 13.4. The molecule has 2 rings (SSSR count). The summed E-state index contributed by atoms with van der Waals surface area (Å²) in [6.07, 6.45) is 1.52. The fourth-order valence-corrected chi connectivity index (χ4v) is 1.40. The molecule has 0 fully saturated rings. The number of nitrogens with one attached hydrogen (secondary N) is 1. The molecule has 0 atom stereocenters. The van der Waals surface area contributed by atoms with E-state index >= 15 is 0 Å². The van der Waals surface area contributed by atoms with E-state index in [1.54, 1.807) is 12.1 Å². The van der Waals surface area contributed by atoms with Gasteiger partial charge < -0.3 is 14.5 Å². The number of alkyl halides is 2. The zero-order chi connectivity index (χ0) is 13.0. The van der Waals surface area contributed by atoms with E-state index in [0.717, 1.165) is 12.1 Å². The molecule has 0 saturated carbocycles. The number of benzene rings is 1. The Morgan fingerprint density at radius 1 is 1.28 bits per heavy atom. The van der Waals surface area contributed by atoms with Crippen molar-refractivity contribution in [3.05, 3.63) is 48.2 Å². The molecule has 0 radical (unpaired) electrons. The predicted octanol–water partition coefficient (Wildman–Crippen LogP) is 3.63. The van der Waals surface area contributed by atoms with Crippen LogP contribution in [0.2, 0.25) is 0 Å². The third-order valence-corrected chi connectivity index (χ3v) is 2.19. The van der Waals surface area contributed by atoms with Crippen molar-refractivity contribution in [3.63, 3.8) is 0 Å². The van der Waals surface area contributed by atoms with Crippen molar-refractivity contribution in [2.24, 2.45) is 0 Å². The van der Waals surface area contributed by atoms with Gasteiger partial charge in [-0.2, -0.15) is 8.78 Å². The Balaban J connectivity index is 2.00. The first-order chi connectivity index (χ1) is 8.65. The van der Waals surface area contributed by atoms with Gasteiger partial charge in [0.2, 0.25) is 0 Å². The van der Waals surface area contributed by atoms with Crippen LogP contribution in [0.15, 0.2) is 41.0 Å². The van der Waals surface area contributed by atoms with Crippen molar-refractivity contribution in [2.75, 3.05) is 5.32 Å². The summed E-state index contributed by atoms with van der Waals surface area (Å²) >= 11 is 0. The van der Waals surface area contributed by atoms with Gasteiger partial charge in [0, 0.05) is 11.8 Å². The second-order valence-corrected chi connectivity index (χ2v) is 3.46. The Morgan fingerprint density at radius 3 is 2.72 bits per heavy atom. The third kappa shape index (κ3) is 3.19. The maximum atomic E-state index is 13.4. The second-order valence-electron chi connectivity index (χ2n) is 3.46. The number of hydrogen-bond donors (Lipinski definition) is 1. The standard InChI is InChI=1S/C12H10F3NO2/c13-10-6-8(3-4-11(10)18-12(14)15)16-7-9-2-1-5-17-9/h1-6,12,16H,7H2. The molecule has 1 aromatic heterocycles. The minimum atomic E-state index is -3.04. The van der Waals surface area contributed by atoms with Crippen molar-refractivity contribution in [2.45, 2.75) is 13.2 Å². The zero-order valence-corrected chi connectivity index (χ0v) is 9.20. The summed E-state index contributed by atoms with van der Waals surface area (Å²) in [5, 5.41) is 2.89. The molecule has 96 valence electrons. The lowest BCUT2D eigenvalue weighted by Crippen LogP contribution is -2.04. The minimum absolute atomic E-state index is 0.376. The average molecular weight is 257 g/mol. The van der Waals surface area contributed by atoms with Crippen LogP contribution in [-0.4, -0.2) is 6.61 Å². The normalized spacial score (nSPS) is 10.7. The van der Waals surface area contributed by atoms with E-state index in [0.29, 0.717) is 18.0 Å². The van der Waals surface area contributed by atoms with Gasteiger partial charge in [-0.3, -0.25) is 0 Å². The highest BCUT2D eigenvalue weighted by Gasteiger charge is 2.10. The van der Waals surface area contributed by atoms with E-state index in [2.05, 4.69) is 10.1 Å². The molecule has 0 aliphatic rings. The van der Waals surface area contributed by atoms with Crippen LogP contribution < -0.4 is 10.1 Å². The predicted molar refractivity (Wildman–Crippen MR) is 59.1 cm³/mol. The van der Waals surface area contributed by atoms with E-state index in [-0.39, 0.29) is 0 Å². The molecule has 6 heteroatoms. The largest absolute Gasteiger partial charge is 0.467 e. The quantitative estimate of drug-likeness (QED) is 0.888. The molecule has 0 spiro atoms. The van der Waals surface area contributed by atoms with Gasteiger partial charge in [0.1, 0.15) is 5.76 Å². The lowest BCUT2D eigenvalue weighted by molar-refractivity contribution is -0.0521. The summed E-state index contributed by atoms with van der Waals surface area (Å²) < 4.78 is 46.3. The Hall–Kier alpha value is -2.11. The minimum Gasteiger partial charge on any atom is -0.467 e. The topological polar surface area (TPSA) is 34.4 Å². The number of rotatable bonds is 5. The van der Waals surface area contributed by atoms with Gasteiger partial charge in [-0.25, -0.2) is 4.39 Å². The smallest absolute Gasteiger partial charge is 0.387 e. The summed E-state index contributed by atoms with van der Waals surface area (Å²) in [6.45, 7) is -2.66. The van der Waals surface area contributed by atoms with Gasteiger partial charge in [0.05, 0.1) is 12.8 Å². The lowest BCUT2D eigenvalue weighted by Gasteiger charge is -2.08. The van der Waals surface area contributed by atoms with E-state index in [1.807, 2.05) is 0 Å². The van der Waals surface area contributed by atoms with E-state index < -0.39 is 18.2 Å². The Bertz CT molecular complexity index is 500. The summed E-state index contributed by atoms with van der Waals surface area (Å²) in [5.41, 5.74) is 0.450. The number of halogens is 3. The molecular formula is C12H10F3NO2. The van der Waals surface area contributed by atoms with Crippen LogP contribution >= 0.6 is 0 Å². The molecule has 0 aliphatic heterocycles. The fourth-order valence-electron chi connectivity index (χ4n) is 1.40. The van der Waals surface area contributed by atoms with E-state index in [1.165, 1.54) is 12.3 Å². The molecule has 0 bridgehead atoms. The molecule has 1 aromatic carbocycles. The second kappa shape index (κ2) is 5.48. The van der Waals surface area contributed by atoms with Crippen molar-refractivity contribution in [1.82, 2.24) is 0 Å². The van der Waals surface area contributed by atoms with Gasteiger partial charge >= 0.3 is 6.61 Å². The van der Waals surface area contributed by atoms with E-state index in [9.17, 15) is 13.2 Å². The molecule has 0 aliphatic carbocycles.